The van der Waals surface area contributed by atoms with E-state index in [-0.39, 0.29) is 71.0 Å². The van der Waals surface area contributed by atoms with Crippen LogP contribution in [0.15, 0.2) is 31.4 Å². The molecule has 7 aromatic rings. The van der Waals surface area contributed by atoms with Gasteiger partial charge in [0.15, 0.2) is 11.6 Å². The van der Waals surface area contributed by atoms with Crippen molar-refractivity contribution >= 4 is 0 Å². The van der Waals surface area contributed by atoms with Crippen LogP contribution in [0.3, 0.4) is 0 Å². The van der Waals surface area contributed by atoms with E-state index >= 15 is 0 Å². The van der Waals surface area contributed by atoms with Crippen molar-refractivity contribution in [2.24, 2.45) is 0 Å². The fraction of sp³-hybridized carbons (Fsp3) is 0.797. The van der Waals surface area contributed by atoms with Crippen molar-refractivity contribution in [3.05, 3.63) is 83.3 Å². The lowest BCUT2D eigenvalue weighted by Crippen LogP contribution is -2.29. The zero-order valence-electron chi connectivity index (χ0n) is 65.0. The van der Waals surface area contributed by atoms with E-state index in [2.05, 4.69) is 370 Å². The van der Waals surface area contributed by atoms with Crippen LogP contribution in [0.2, 0.25) is 0 Å². The van der Waals surface area contributed by atoms with Crippen molar-refractivity contribution < 1.29 is 0 Å². The first-order chi connectivity index (χ1) is 39.7. The predicted octanol–water partition coefficient (Wildman–Crippen LogP) is 16.3. The first kappa shape index (κ1) is 82.0. The summed E-state index contributed by atoms with van der Waals surface area (Å²) in [7, 11) is 0. The Bertz CT molecular complexity index is 2690. The molecule has 0 aliphatic rings. The number of H-pyrrole nitrogens is 2. The minimum atomic E-state index is -0.0243. The summed E-state index contributed by atoms with van der Waals surface area (Å²) in [6.07, 6.45) is 9.12. The smallest absolute Gasteiger partial charge is 0.156 e. The summed E-state index contributed by atoms with van der Waals surface area (Å²) < 4.78 is 7.94. The summed E-state index contributed by atoms with van der Waals surface area (Å²) in [5.41, 5.74) is 4.83. The largest absolute Gasteiger partial charge is 0.312 e. The molecule has 0 amide bonds. The highest BCUT2D eigenvalue weighted by Gasteiger charge is 2.31. The van der Waals surface area contributed by atoms with Crippen LogP contribution in [0, 0.1) is 0 Å². The van der Waals surface area contributed by atoms with Crippen molar-refractivity contribution in [1.82, 2.24) is 105 Å². The molecule has 7 rings (SSSR count). The molecule has 0 bridgehead atoms. The molecule has 0 atom stereocenters. The van der Waals surface area contributed by atoms with Crippen LogP contribution in [-0.2, 0) is 71.0 Å². The quantitative estimate of drug-likeness (QED) is 0.156. The summed E-state index contributed by atoms with van der Waals surface area (Å²) in [5.74, 6) is 5.28. The van der Waals surface area contributed by atoms with Gasteiger partial charge in [0.05, 0.1) is 51.1 Å². The number of aromatic amines is 2. The maximum absolute atomic E-state index is 4.49. The molecule has 0 saturated carbocycles. The normalized spacial score (nSPS) is 13.3. The predicted molar refractivity (Wildman–Crippen MR) is 372 cm³/mol. The lowest BCUT2D eigenvalue weighted by Gasteiger charge is -2.27. The number of nitrogens with zero attached hydrogens (tertiary/aromatic N) is 19. The summed E-state index contributed by atoms with van der Waals surface area (Å²) >= 11 is 0. The molecule has 0 aromatic carbocycles. The van der Waals surface area contributed by atoms with Gasteiger partial charge < -0.3 is 4.57 Å². The summed E-state index contributed by atoms with van der Waals surface area (Å²) in [6.45, 7) is 87.4. The Kier molecular flexibility index (Phi) is 26.7. The molecule has 0 aliphatic heterocycles. The van der Waals surface area contributed by atoms with Gasteiger partial charge in [-0.2, -0.15) is 45.7 Å². The van der Waals surface area contributed by atoms with Crippen LogP contribution in [0.1, 0.15) is 342 Å². The van der Waals surface area contributed by atoms with Crippen LogP contribution < -0.4 is 0 Å². The van der Waals surface area contributed by atoms with E-state index in [0.717, 1.165) is 51.9 Å². The Morgan fingerprint density at radius 3 is 1.14 bits per heavy atom. The van der Waals surface area contributed by atoms with Gasteiger partial charge in [0.1, 0.15) is 36.5 Å². The summed E-state index contributed by atoms with van der Waals surface area (Å²) in [4.78, 5) is 14.8. The minimum Gasteiger partial charge on any atom is -0.312 e. The third kappa shape index (κ3) is 26.7. The van der Waals surface area contributed by atoms with E-state index in [1.54, 1.807) is 23.8 Å². The molecule has 0 saturated heterocycles. The second-order valence-corrected chi connectivity index (χ2v) is 37.2. The maximum atomic E-state index is 4.49. The average molecular weight is 1250 g/mol. The van der Waals surface area contributed by atoms with Crippen molar-refractivity contribution in [2.75, 3.05) is 0 Å². The fourth-order valence-corrected chi connectivity index (χ4v) is 7.40. The molecule has 2 N–H and O–H groups in total. The zero-order valence-corrected chi connectivity index (χ0v) is 65.0. The molecule has 0 radical (unpaired) electrons. The van der Waals surface area contributed by atoms with Gasteiger partial charge in [0, 0.05) is 61.0 Å². The topological polar surface area (TPSA) is 237 Å². The van der Waals surface area contributed by atoms with Gasteiger partial charge in [-0.25, -0.2) is 29.0 Å². The number of hydrogen-bond donors (Lipinski definition) is 2. The standard InChI is InChI=1S/6C10H19N3.C9H17N3/c1-9(2,3)8-12-11-7-13(8)10(4,5)6;1-9(2,3)8-11-7-13(12-8)10(4,5)6;1-9(2,3)7-11-8(13-12-7)10(4,5)6;1-9(2,3)8-7-13(12-11-8)10(4,5)6;1-9(2,3)8-7-11-13(12-8)10(4,5)6;1-9(2,3)7-8(10(4,5)6)12-13-11-7;1-7(2)8-10-6-11-12(8)9(3,4)5/h2*7H,1-6H3;1-6H3,(H,11,12,13);2*7H,1-6H3;1-6H3,(H,11,12,13);6-7H,1-5H3. The van der Waals surface area contributed by atoms with Crippen molar-refractivity contribution in [3.63, 3.8) is 0 Å². The van der Waals surface area contributed by atoms with Crippen molar-refractivity contribution in [2.45, 2.75) is 361 Å². The van der Waals surface area contributed by atoms with Crippen molar-refractivity contribution in [1.29, 1.82) is 0 Å². The number of nitrogens with one attached hydrogen (secondary N) is 2. The Morgan fingerprint density at radius 2 is 0.889 bits per heavy atom. The Hall–Kier alpha value is -6.02. The van der Waals surface area contributed by atoms with E-state index in [4.69, 9.17) is 0 Å². The minimum absolute atomic E-state index is 0.0243. The molecule has 7 aromatic heterocycles. The third-order valence-corrected chi connectivity index (χ3v) is 13.2. The first-order valence-electron chi connectivity index (χ1n) is 32.2. The van der Waals surface area contributed by atoms with E-state index < -0.39 is 0 Å². The molecule has 0 aliphatic carbocycles. The number of hydrogen-bond acceptors (Lipinski definition) is 14. The lowest BCUT2D eigenvalue weighted by atomic mass is 9.82. The molecule has 21 heteroatoms. The highest BCUT2D eigenvalue weighted by Crippen LogP contribution is 2.31. The first-order valence-corrected chi connectivity index (χ1v) is 32.2. The SMILES string of the molecule is CC(C)(C)c1cn(C(C)(C)C)nn1.CC(C)(C)c1cnn(C(C)(C)C)n1.CC(C)(C)c1n[nH]c(C(C)(C)C)n1.CC(C)(C)c1n[nH]nc1C(C)(C)C.CC(C)(C)c1ncn(C(C)(C)C)n1.CC(C)(C)c1nncn1C(C)(C)C.CC(C)c1ncnn1C(C)(C)C. The van der Waals surface area contributed by atoms with Crippen LogP contribution in [-0.4, -0.2) is 105 Å². The van der Waals surface area contributed by atoms with Crippen LogP contribution >= 0.6 is 0 Å². The fourth-order valence-electron chi connectivity index (χ4n) is 7.40. The van der Waals surface area contributed by atoms with Crippen molar-refractivity contribution in [3.8, 4) is 0 Å². The summed E-state index contributed by atoms with van der Waals surface area (Å²) in [5, 5.41) is 52.2. The molecule has 0 unspecified atom stereocenters. The third-order valence-electron chi connectivity index (χ3n) is 13.2. The van der Waals surface area contributed by atoms with Crippen LogP contribution in [0.5, 0.6) is 0 Å². The zero-order chi connectivity index (χ0) is 71.0. The van der Waals surface area contributed by atoms with E-state index in [0.29, 0.717) is 5.92 Å². The van der Waals surface area contributed by atoms with Gasteiger partial charge in [-0.3, -0.25) is 5.10 Å². The van der Waals surface area contributed by atoms with Gasteiger partial charge in [0.25, 0.3) is 0 Å². The number of aromatic nitrogens is 21. The Morgan fingerprint density at radius 1 is 0.411 bits per heavy atom. The lowest BCUT2D eigenvalue weighted by molar-refractivity contribution is 0.308. The van der Waals surface area contributed by atoms with Gasteiger partial charge in [-0.1, -0.05) is 185 Å². The monoisotopic (exact) mass is 1250 g/mol. The van der Waals surface area contributed by atoms with Gasteiger partial charge in [-0.05, 0) is 104 Å². The molecule has 0 fully saturated rings. The second kappa shape index (κ2) is 29.3. The molecule has 90 heavy (non-hydrogen) atoms. The number of rotatable bonds is 1. The van der Waals surface area contributed by atoms with Crippen LogP contribution in [0.4, 0.5) is 0 Å². The highest BCUT2D eigenvalue weighted by molar-refractivity contribution is 5.24. The second-order valence-electron chi connectivity index (χ2n) is 37.2. The molecule has 21 nitrogen and oxygen atoms in total. The maximum Gasteiger partial charge on any atom is 0.156 e. The van der Waals surface area contributed by atoms with Crippen LogP contribution in [0.25, 0.3) is 0 Å². The van der Waals surface area contributed by atoms with Gasteiger partial charge in [0.2, 0.25) is 0 Å². The van der Waals surface area contributed by atoms with E-state index in [9.17, 15) is 0 Å². The molecule has 7 heterocycles. The molecule has 512 valence electrons. The Balaban J connectivity index is 0.000000525. The van der Waals surface area contributed by atoms with E-state index in [1.807, 2.05) is 26.4 Å². The molecular formula is C69H131N21. The van der Waals surface area contributed by atoms with Gasteiger partial charge >= 0.3 is 0 Å². The average Bonchev–Trinajstić information content (AvgIpc) is 1.76. The molecular weight excluding hydrogens is 1120 g/mol. The highest BCUT2D eigenvalue weighted by atomic mass is 15.5. The Labute approximate surface area is 546 Å². The van der Waals surface area contributed by atoms with E-state index in [1.165, 1.54) is 0 Å². The molecule has 0 spiro atoms. The summed E-state index contributed by atoms with van der Waals surface area (Å²) in [6, 6.07) is 0. The van der Waals surface area contributed by atoms with Gasteiger partial charge in [-0.15, -0.1) is 15.3 Å².